The zero-order valence-electron chi connectivity index (χ0n) is 10.3. The van der Waals surface area contributed by atoms with Gasteiger partial charge in [-0.3, -0.25) is 4.90 Å². The summed E-state index contributed by atoms with van der Waals surface area (Å²) in [5, 5.41) is 0. The average molecular weight is 238 g/mol. The van der Waals surface area contributed by atoms with E-state index in [0.717, 1.165) is 13.0 Å². The molecule has 2 rings (SSSR count). The number of aryl methyl sites for hydroxylation is 1. The SMILES string of the molecule is CCc1ccc(C(C)N2CCCC(N)C2)s1. The fourth-order valence-corrected chi connectivity index (χ4v) is 3.42. The zero-order valence-corrected chi connectivity index (χ0v) is 11.1. The van der Waals surface area contributed by atoms with Gasteiger partial charge in [0.25, 0.3) is 0 Å². The van der Waals surface area contributed by atoms with Crippen molar-refractivity contribution in [3.05, 3.63) is 21.9 Å². The third-order valence-corrected chi connectivity index (χ3v) is 4.88. The van der Waals surface area contributed by atoms with E-state index in [4.69, 9.17) is 5.73 Å². The van der Waals surface area contributed by atoms with Crippen LogP contribution in [0.15, 0.2) is 12.1 Å². The van der Waals surface area contributed by atoms with E-state index in [1.165, 1.54) is 29.1 Å². The number of hydrogen-bond acceptors (Lipinski definition) is 3. The molecule has 2 unspecified atom stereocenters. The monoisotopic (exact) mass is 238 g/mol. The van der Waals surface area contributed by atoms with Crippen molar-refractivity contribution in [1.29, 1.82) is 0 Å². The van der Waals surface area contributed by atoms with Crippen molar-refractivity contribution < 1.29 is 0 Å². The van der Waals surface area contributed by atoms with E-state index in [-0.39, 0.29) is 0 Å². The standard InChI is InChI=1S/C13H22N2S/c1-3-12-6-7-13(16-12)10(2)15-8-4-5-11(14)9-15/h6-7,10-11H,3-5,8-9,14H2,1-2H3. The maximum atomic E-state index is 6.03. The first-order valence-corrected chi connectivity index (χ1v) is 7.10. The summed E-state index contributed by atoms with van der Waals surface area (Å²) in [6.45, 7) is 6.79. The van der Waals surface area contributed by atoms with Crippen LogP contribution in [0.3, 0.4) is 0 Å². The molecule has 0 radical (unpaired) electrons. The molecule has 1 saturated heterocycles. The van der Waals surface area contributed by atoms with E-state index in [0.29, 0.717) is 12.1 Å². The molecule has 16 heavy (non-hydrogen) atoms. The lowest BCUT2D eigenvalue weighted by molar-refractivity contribution is 0.161. The molecule has 0 saturated carbocycles. The first-order chi connectivity index (χ1) is 7.70. The van der Waals surface area contributed by atoms with Crippen LogP contribution in [0.4, 0.5) is 0 Å². The number of nitrogens with zero attached hydrogens (tertiary/aromatic N) is 1. The number of rotatable bonds is 3. The van der Waals surface area contributed by atoms with Crippen molar-refractivity contribution in [1.82, 2.24) is 4.90 Å². The quantitative estimate of drug-likeness (QED) is 0.877. The van der Waals surface area contributed by atoms with Crippen LogP contribution in [-0.2, 0) is 6.42 Å². The summed E-state index contributed by atoms with van der Waals surface area (Å²) in [4.78, 5) is 5.51. The number of piperidine rings is 1. The number of likely N-dealkylation sites (tertiary alicyclic amines) is 1. The summed E-state index contributed by atoms with van der Waals surface area (Å²) in [5.74, 6) is 0. The van der Waals surface area contributed by atoms with Gasteiger partial charge in [0.1, 0.15) is 0 Å². The molecule has 0 aliphatic carbocycles. The number of nitrogens with two attached hydrogens (primary N) is 1. The molecule has 90 valence electrons. The molecule has 0 aromatic carbocycles. The summed E-state index contributed by atoms with van der Waals surface area (Å²) in [6.07, 6.45) is 3.59. The second kappa shape index (κ2) is 5.30. The lowest BCUT2D eigenvalue weighted by Crippen LogP contribution is -2.43. The van der Waals surface area contributed by atoms with Gasteiger partial charge in [-0.05, 0) is 44.9 Å². The van der Waals surface area contributed by atoms with Gasteiger partial charge in [0.2, 0.25) is 0 Å². The molecule has 2 N–H and O–H groups in total. The highest BCUT2D eigenvalue weighted by Gasteiger charge is 2.22. The van der Waals surface area contributed by atoms with E-state index < -0.39 is 0 Å². The smallest absolute Gasteiger partial charge is 0.0414 e. The normalized spacial score (nSPS) is 24.6. The lowest BCUT2D eigenvalue weighted by Gasteiger charge is -2.34. The topological polar surface area (TPSA) is 29.3 Å². The second-order valence-corrected chi connectivity index (χ2v) is 5.93. The number of hydrogen-bond donors (Lipinski definition) is 1. The van der Waals surface area contributed by atoms with Gasteiger partial charge in [0, 0.05) is 28.4 Å². The van der Waals surface area contributed by atoms with Gasteiger partial charge in [0.05, 0.1) is 0 Å². The van der Waals surface area contributed by atoms with Gasteiger partial charge in [-0.2, -0.15) is 0 Å². The van der Waals surface area contributed by atoms with Gasteiger partial charge in [-0.1, -0.05) is 6.92 Å². The Morgan fingerprint density at radius 3 is 3.00 bits per heavy atom. The number of thiophene rings is 1. The van der Waals surface area contributed by atoms with Gasteiger partial charge in [-0.15, -0.1) is 11.3 Å². The molecule has 1 aliphatic heterocycles. The average Bonchev–Trinajstić information content (AvgIpc) is 2.76. The predicted octanol–water partition coefficient (Wildman–Crippen LogP) is 2.79. The molecule has 2 heterocycles. The Morgan fingerprint density at radius 1 is 1.56 bits per heavy atom. The lowest BCUT2D eigenvalue weighted by atomic mass is 10.0. The Morgan fingerprint density at radius 2 is 2.38 bits per heavy atom. The van der Waals surface area contributed by atoms with Gasteiger partial charge in [0.15, 0.2) is 0 Å². The van der Waals surface area contributed by atoms with Crippen LogP contribution in [0.1, 0.15) is 42.5 Å². The summed E-state index contributed by atoms with van der Waals surface area (Å²) in [6, 6.07) is 5.47. The van der Waals surface area contributed by atoms with Gasteiger partial charge < -0.3 is 5.73 Å². The van der Waals surface area contributed by atoms with Crippen LogP contribution < -0.4 is 5.73 Å². The molecular formula is C13H22N2S. The molecule has 2 nitrogen and oxygen atoms in total. The molecule has 3 heteroatoms. The Balaban J connectivity index is 2.02. The van der Waals surface area contributed by atoms with E-state index in [1.807, 2.05) is 11.3 Å². The third kappa shape index (κ3) is 2.65. The van der Waals surface area contributed by atoms with Crippen LogP contribution in [0, 0.1) is 0 Å². The Kier molecular flexibility index (Phi) is 4.00. The van der Waals surface area contributed by atoms with Crippen LogP contribution in [0.25, 0.3) is 0 Å². The third-order valence-electron chi connectivity index (χ3n) is 3.48. The van der Waals surface area contributed by atoms with Crippen LogP contribution in [0.2, 0.25) is 0 Å². The molecular weight excluding hydrogens is 216 g/mol. The maximum absolute atomic E-state index is 6.03. The summed E-state index contributed by atoms with van der Waals surface area (Å²) in [5.41, 5.74) is 6.03. The van der Waals surface area contributed by atoms with Gasteiger partial charge in [-0.25, -0.2) is 0 Å². The van der Waals surface area contributed by atoms with E-state index >= 15 is 0 Å². The van der Waals surface area contributed by atoms with Crippen molar-refractivity contribution in [3.8, 4) is 0 Å². The fourth-order valence-electron chi connectivity index (χ4n) is 2.38. The molecule has 1 aromatic heterocycles. The first kappa shape index (κ1) is 12.1. The largest absolute Gasteiger partial charge is 0.327 e. The molecule has 1 aromatic rings. The molecule has 1 aliphatic rings. The highest BCUT2D eigenvalue weighted by molar-refractivity contribution is 7.12. The fraction of sp³-hybridized carbons (Fsp3) is 0.692. The molecule has 0 bridgehead atoms. The van der Waals surface area contributed by atoms with Crippen molar-refractivity contribution in [2.45, 2.75) is 45.2 Å². The van der Waals surface area contributed by atoms with E-state index in [9.17, 15) is 0 Å². The Labute approximate surface area is 102 Å². The highest BCUT2D eigenvalue weighted by atomic mass is 32.1. The van der Waals surface area contributed by atoms with Crippen LogP contribution in [-0.4, -0.2) is 24.0 Å². The minimum Gasteiger partial charge on any atom is -0.327 e. The van der Waals surface area contributed by atoms with E-state index in [1.54, 1.807) is 0 Å². The second-order valence-electron chi connectivity index (χ2n) is 4.73. The van der Waals surface area contributed by atoms with Crippen molar-refractivity contribution in [2.75, 3.05) is 13.1 Å². The van der Waals surface area contributed by atoms with Crippen molar-refractivity contribution in [2.24, 2.45) is 5.73 Å². The Bertz CT molecular complexity index is 334. The zero-order chi connectivity index (χ0) is 11.5. The van der Waals surface area contributed by atoms with Crippen molar-refractivity contribution >= 4 is 11.3 Å². The molecule has 1 fully saturated rings. The summed E-state index contributed by atoms with van der Waals surface area (Å²) < 4.78 is 0. The summed E-state index contributed by atoms with van der Waals surface area (Å²) in [7, 11) is 0. The Hall–Kier alpha value is -0.380. The van der Waals surface area contributed by atoms with Crippen LogP contribution in [0.5, 0.6) is 0 Å². The molecule has 0 spiro atoms. The maximum Gasteiger partial charge on any atom is 0.0414 e. The predicted molar refractivity (Wildman–Crippen MR) is 70.9 cm³/mol. The molecule has 0 amide bonds. The highest BCUT2D eigenvalue weighted by Crippen LogP contribution is 2.29. The minimum absolute atomic E-state index is 0.377. The minimum atomic E-state index is 0.377. The first-order valence-electron chi connectivity index (χ1n) is 6.29. The van der Waals surface area contributed by atoms with Crippen molar-refractivity contribution in [3.63, 3.8) is 0 Å². The molecule has 2 atom stereocenters. The van der Waals surface area contributed by atoms with Gasteiger partial charge >= 0.3 is 0 Å². The van der Waals surface area contributed by atoms with E-state index in [2.05, 4.69) is 30.9 Å². The summed E-state index contributed by atoms with van der Waals surface area (Å²) >= 11 is 1.95. The van der Waals surface area contributed by atoms with Crippen LogP contribution >= 0.6 is 11.3 Å².